The highest BCUT2D eigenvalue weighted by atomic mass is 15.2. The Morgan fingerprint density at radius 2 is 0.449 bits per heavy atom. The predicted molar refractivity (Wildman–Crippen MR) is 424 cm³/mol. The molecule has 0 unspecified atom stereocenters. The zero-order valence-corrected chi connectivity index (χ0v) is 57.6. The Kier molecular flexibility index (Phi) is 19.7. The smallest absolute Gasteiger partial charge is 0.0619 e. The molecule has 0 heterocycles. The average molecular weight is 1270 g/mol. The molecule has 0 bridgehead atoms. The number of anilines is 6. The lowest BCUT2D eigenvalue weighted by Crippen LogP contribution is -2.14. The van der Waals surface area contributed by atoms with Gasteiger partial charge in [-0.1, -0.05) is 278 Å². The van der Waals surface area contributed by atoms with E-state index in [1.807, 2.05) is 0 Å². The maximum absolute atomic E-state index is 2.50. The van der Waals surface area contributed by atoms with Crippen molar-refractivity contribution in [2.24, 2.45) is 0 Å². The molecule has 4 aliphatic carbocycles. The van der Waals surface area contributed by atoms with Gasteiger partial charge in [-0.15, -0.1) is 0 Å². The van der Waals surface area contributed by atoms with Crippen LogP contribution >= 0.6 is 0 Å². The highest BCUT2D eigenvalue weighted by molar-refractivity contribution is 6.23. The van der Waals surface area contributed by atoms with E-state index in [1.54, 1.807) is 22.3 Å². The quantitative estimate of drug-likeness (QED) is 0.0540. The van der Waals surface area contributed by atoms with Gasteiger partial charge >= 0.3 is 0 Å². The molecule has 2 heteroatoms. The van der Waals surface area contributed by atoms with Crippen LogP contribution < -0.4 is 9.80 Å². The van der Waals surface area contributed by atoms with Gasteiger partial charge in [0.2, 0.25) is 0 Å². The Balaban J connectivity index is 0.817. The second kappa shape index (κ2) is 30.2. The number of hydrogen-bond acceptors (Lipinski definition) is 2. The molecule has 0 amide bonds. The molecule has 0 radical (unpaired) electrons. The first-order chi connectivity index (χ1) is 48.3. The molecule has 11 aromatic carbocycles. The Morgan fingerprint density at radius 1 is 0.235 bits per heavy atom. The fourth-order valence-corrected chi connectivity index (χ4v) is 15.8. The summed E-state index contributed by atoms with van der Waals surface area (Å²) in [6.07, 6.45) is 40.1. The van der Waals surface area contributed by atoms with Crippen LogP contribution in [0.2, 0.25) is 0 Å². The van der Waals surface area contributed by atoms with Crippen LogP contribution in [0.4, 0.5) is 34.1 Å². The van der Waals surface area contributed by atoms with Gasteiger partial charge in [-0.2, -0.15) is 0 Å². The molecular formula is C96H92N2. The molecule has 4 saturated carbocycles. The molecule has 0 aliphatic heterocycles. The van der Waals surface area contributed by atoms with E-state index in [-0.39, 0.29) is 0 Å². The summed E-state index contributed by atoms with van der Waals surface area (Å²) in [4.78, 5) is 5.00. The summed E-state index contributed by atoms with van der Waals surface area (Å²) in [6.45, 7) is 4.36. The van der Waals surface area contributed by atoms with E-state index in [2.05, 4.69) is 303 Å². The first kappa shape index (κ1) is 64.0. The Morgan fingerprint density at radius 3 is 0.684 bits per heavy atom. The summed E-state index contributed by atoms with van der Waals surface area (Å²) in [5.74, 6) is 0. The Bertz CT molecular complexity index is 4240. The van der Waals surface area contributed by atoms with Crippen LogP contribution in [0.15, 0.2) is 265 Å². The molecule has 486 valence electrons. The molecule has 11 aromatic rings. The van der Waals surface area contributed by atoms with E-state index in [0.717, 1.165) is 45.3 Å². The monoisotopic (exact) mass is 1270 g/mol. The van der Waals surface area contributed by atoms with E-state index < -0.39 is 0 Å². The highest BCUT2D eigenvalue weighted by Crippen LogP contribution is 2.51. The molecular weight excluding hydrogens is 1180 g/mol. The van der Waals surface area contributed by atoms with Crippen molar-refractivity contribution in [1.82, 2.24) is 0 Å². The van der Waals surface area contributed by atoms with Gasteiger partial charge in [0.25, 0.3) is 0 Å². The fourth-order valence-electron chi connectivity index (χ4n) is 15.8. The highest BCUT2D eigenvalue weighted by Gasteiger charge is 2.26. The van der Waals surface area contributed by atoms with Crippen molar-refractivity contribution in [3.63, 3.8) is 0 Å². The lowest BCUT2D eigenvalue weighted by Gasteiger charge is -2.33. The van der Waals surface area contributed by atoms with Crippen molar-refractivity contribution < 1.29 is 0 Å². The Labute approximate surface area is 583 Å². The normalized spacial score (nSPS) is 15.0. The number of benzene rings is 11. The molecule has 15 rings (SSSR count). The van der Waals surface area contributed by atoms with Crippen LogP contribution in [0.1, 0.15) is 195 Å². The van der Waals surface area contributed by atoms with Gasteiger partial charge in [-0.05, 0) is 244 Å². The molecule has 0 saturated heterocycles. The van der Waals surface area contributed by atoms with Gasteiger partial charge in [-0.3, -0.25) is 0 Å². The number of fused-ring (bicyclic) bond motifs is 2. The van der Waals surface area contributed by atoms with Crippen LogP contribution in [0.5, 0.6) is 0 Å². The third-order valence-corrected chi connectivity index (χ3v) is 21.2. The lowest BCUT2D eigenvalue weighted by molar-refractivity contribution is 0.602. The van der Waals surface area contributed by atoms with Crippen LogP contribution in [-0.4, -0.2) is 0 Å². The molecule has 98 heavy (non-hydrogen) atoms. The van der Waals surface area contributed by atoms with Crippen molar-refractivity contribution in [2.45, 2.75) is 142 Å². The summed E-state index contributed by atoms with van der Waals surface area (Å²) in [7, 11) is 0. The van der Waals surface area contributed by atoms with Crippen molar-refractivity contribution in [2.75, 3.05) is 9.80 Å². The predicted octanol–water partition coefficient (Wildman–Crippen LogP) is 28.1. The largest absolute Gasteiger partial charge is 0.309 e. The molecule has 0 aromatic heterocycles. The second-order valence-corrected chi connectivity index (χ2v) is 28.4. The summed E-state index contributed by atoms with van der Waals surface area (Å²) in [6, 6.07) is 92.2. The van der Waals surface area contributed by atoms with Crippen LogP contribution in [0, 0.1) is 13.8 Å². The minimum atomic E-state index is 1.09. The van der Waals surface area contributed by atoms with Gasteiger partial charge in [0, 0.05) is 44.3 Å². The van der Waals surface area contributed by atoms with E-state index in [1.165, 1.54) is 217 Å². The molecule has 4 aliphatic rings. The van der Waals surface area contributed by atoms with Gasteiger partial charge in [-0.25, -0.2) is 0 Å². The minimum absolute atomic E-state index is 1.09. The van der Waals surface area contributed by atoms with Crippen molar-refractivity contribution in [1.29, 1.82) is 0 Å². The van der Waals surface area contributed by atoms with Crippen LogP contribution in [-0.2, 0) is 0 Å². The van der Waals surface area contributed by atoms with E-state index >= 15 is 0 Å². The van der Waals surface area contributed by atoms with Crippen LogP contribution in [0.3, 0.4) is 0 Å². The standard InChI is InChI=1S/C96H92N2/c1-69-31-55-85(56-32-69)97(87-59-43-79(44-60-87)67-93(81-47-35-75(36-48-81)63-71-19-7-3-8-20-71)82-49-37-76(38-50-82)64-72-21-9-4-10-22-72)95-89-27-15-17-29-91(89)96(92-30-18-16-28-90(92)95)98(86-57-33-70(2)34-58-86)88-61-45-80(46-62-88)68-94(83-51-39-77(40-52-83)65-73-23-11-5-12-24-73)84-53-41-78(42-54-84)66-74-25-13-6-14-26-74/h15-18,27-68H,3-14,19-26H2,1-2H3. The third kappa shape index (κ3) is 14.9. The lowest BCUT2D eigenvalue weighted by atomic mass is 9.91. The first-order valence-electron chi connectivity index (χ1n) is 36.9. The molecule has 4 fully saturated rings. The van der Waals surface area contributed by atoms with Gasteiger partial charge in [0.1, 0.15) is 0 Å². The number of rotatable bonds is 16. The SMILES string of the molecule is Cc1ccc(N(c2ccc(C=C(c3ccc(C=C4CCCCC4)cc3)c3ccc(C=C4CCCCC4)cc3)cc2)c2c3ccccc3c(N(c3ccc(C)cc3)c3ccc(C=C(c4ccc(C=C5CCCCC5)cc4)c4ccc(C=C5CCCCC5)cc4)cc3)c3ccccc23)cc1. The zero-order valence-electron chi connectivity index (χ0n) is 57.6. The molecule has 0 N–H and O–H groups in total. The fraction of sp³-hybridized carbons (Fsp3) is 0.229. The topological polar surface area (TPSA) is 6.48 Å². The Hall–Kier alpha value is -10.0. The third-order valence-electron chi connectivity index (χ3n) is 21.2. The van der Waals surface area contributed by atoms with Gasteiger partial charge in [0.05, 0.1) is 11.4 Å². The molecule has 2 nitrogen and oxygen atoms in total. The van der Waals surface area contributed by atoms with E-state index in [0.29, 0.717) is 0 Å². The van der Waals surface area contributed by atoms with Gasteiger partial charge < -0.3 is 9.80 Å². The van der Waals surface area contributed by atoms with E-state index in [9.17, 15) is 0 Å². The molecule has 0 spiro atoms. The second-order valence-electron chi connectivity index (χ2n) is 28.4. The molecule has 0 atom stereocenters. The number of hydrogen-bond donors (Lipinski definition) is 0. The van der Waals surface area contributed by atoms with Crippen molar-refractivity contribution in [3.05, 3.63) is 332 Å². The summed E-state index contributed by atoms with van der Waals surface area (Å²) < 4.78 is 0. The minimum Gasteiger partial charge on any atom is -0.309 e. The number of allylic oxidation sites excluding steroid dienone is 4. The van der Waals surface area contributed by atoms with Crippen LogP contribution in [0.25, 0.3) is 69.1 Å². The summed E-state index contributed by atoms with van der Waals surface area (Å²) in [5, 5.41) is 4.67. The maximum atomic E-state index is 2.50. The average Bonchev–Trinajstić information content (AvgIpc) is 0.724. The number of aryl methyl sites for hydroxylation is 2. The van der Waals surface area contributed by atoms with Gasteiger partial charge in [0.15, 0.2) is 0 Å². The zero-order chi connectivity index (χ0) is 66.0. The van der Waals surface area contributed by atoms with Crippen molar-refractivity contribution >= 4 is 103 Å². The number of nitrogens with zero attached hydrogens (tertiary/aromatic N) is 2. The summed E-state index contributed by atoms with van der Waals surface area (Å²) >= 11 is 0. The maximum Gasteiger partial charge on any atom is 0.0619 e. The summed E-state index contributed by atoms with van der Waals surface area (Å²) in [5.41, 5.74) is 30.3. The van der Waals surface area contributed by atoms with E-state index in [4.69, 9.17) is 0 Å². The first-order valence-corrected chi connectivity index (χ1v) is 36.9. The van der Waals surface area contributed by atoms with Crippen molar-refractivity contribution in [3.8, 4) is 0 Å².